The van der Waals surface area contributed by atoms with Gasteiger partial charge in [0.15, 0.2) is 0 Å². The van der Waals surface area contributed by atoms with E-state index in [1.165, 1.54) is 29.3 Å². The maximum absolute atomic E-state index is 12.6. The van der Waals surface area contributed by atoms with Crippen LogP contribution in [0.4, 0.5) is 14.6 Å². The number of halogens is 2. The largest absolute Gasteiger partial charge is 0.435 e. The maximum atomic E-state index is 12.6. The molecule has 0 amide bonds. The van der Waals surface area contributed by atoms with Crippen molar-refractivity contribution >= 4 is 27.4 Å². The number of rotatable bonds is 7. The van der Waals surface area contributed by atoms with Gasteiger partial charge in [-0.15, -0.1) is 11.3 Å². The van der Waals surface area contributed by atoms with E-state index in [4.69, 9.17) is 14.7 Å². The van der Waals surface area contributed by atoms with E-state index < -0.39 is 6.61 Å². The smallest absolute Gasteiger partial charge is 0.387 e. The molecule has 1 aromatic carbocycles. The molecule has 3 heterocycles. The van der Waals surface area contributed by atoms with Crippen LogP contribution < -0.4 is 10.1 Å². The molecule has 1 aliphatic heterocycles. The zero-order valence-electron chi connectivity index (χ0n) is 17.8. The van der Waals surface area contributed by atoms with Crippen LogP contribution in [0.2, 0.25) is 0 Å². The molecule has 2 aromatic heterocycles. The Balaban J connectivity index is 1.43. The fourth-order valence-electron chi connectivity index (χ4n) is 4.38. The third-order valence-corrected chi connectivity index (χ3v) is 7.10. The zero-order chi connectivity index (χ0) is 21.9. The van der Waals surface area contributed by atoms with Crippen LogP contribution in [0.3, 0.4) is 0 Å². The minimum Gasteiger partial charge on any atom is -0.435 e. The summed E-state index contributed by atoms with van der Waals surface area (Å²) in [6, 6.07) is 6.78. The zero-order valence-corrected chi connectivity index (χ0v) is 18.6. The molecule has 32 heavy (non-hydrogen) atoms. The van der Waals surface area contributed by atoms with E-state index in [-0.39, 0.29) is 5.75 Å². The van der Waals surface area contributed by atoms with Gasteiger partial charge in [-0.2, -0.15) is 8.78 Å². The van der Waals surface area contributed by atoms with Gasteiger partial charge < -0.3 is 14.8 Å². The van der Waals surface area contributed by atoms with Crippen LogP contribution in [0.25, 0.3) is 10.2 Å². The van der Waals surface area contributed by atoms with Gasteiger partial charge in [-0.05, 0) is 48.9 Å². The number of nitrogens with zero attached hydrogens (tertiary/aromatic N) is 3. The van der Waals surface area contributed by atoms with Gasteiger partial charge in [-0.1, -0.05) is 12.1 Å². The molecule has 0 unspecified atom stereocenters. The molecule has 1 N–H and O–H groups in total. The van der Waals surface area contributed by atoms with E-state index in [2.05, 4.69) is 15.0 Å². The molecule has 6 nitrogen and oxygen atoms in total. The lowest BCUT2D eigenvalue weighted by molar-refractivity contribution is -0.0498. The Morgan fingerprint density at radius 2 is 2.00 bits per heavy atom. The van der Waals surface area contributed by atoms with E-state index in [0.29, 0.717) is 13.1 Å². The molecule has 0 spiro atoms. The number of benzene rings is 1. The first kappa shape index (κ1) is 21.5. The summed E-state index contributed by atoms with van der Waals surface area (Å²) in [7, 11) is 0. The first-order valence-electron chi connectivity index (χ1n) is 11.0. The molecule has 0 atom stereocenters. The van der Waals surface area contributed by atoms with Crippen molar-refractivity contribution in [2.75, 3.05) is 31.6 Å². The fraction of sp³-hybridized carbons (Fsp3) is 0.478. The highest BCUT2D eigenvalue weighted by Gasteiger charge is 2.22. The molecule has 0 saturated carbocycles. The number of fused-ring (bicyclic) bond motifs is 3. The standard InChI is InChI=1S/C23H26F2N4O2S/c24-23(25)31-16-5-3-4-15(12-16)13-26-21-20-17-6-1-2-7-18(17)32-22(20)28-19(27-21)14-29-8-10-30-11-9-29/h3-5,12,23H,1-2,6-11,13-14H2,(H,26,27,28). The lowest BCUT2D eigenvalue weighted by Crippen LogP contribution is -2.36. The summed E-state index contributed by atoms with van der Waals surface area (Å²) < 4.78 is 35.1. The predicted molar refractivity (Wildman–Crippen MR) is 121 cm³/mol. The van der Waals surface area contributed by atoms with E-state index in [0.717, 1.165) is 66.6 Å². The predicted octanol–water partition coefficient (Wildman–Crippen LogP) is 4.62. The molecule has 1 fully saturated rings. The summed E-state index contributed by atoms with van der Waals surface area (Å²) in [4.78, 5) is 14.6. The summed E-state index contributed by atoms with van der Waals surface area (Å²) >= 11 is 1.78. The van der Waals surface area contributed by atoms with Crippen molar-refractivity contribution in [3.05, 3.63) is 46.1 Å². The number of nitrogens with one attached hydrogen (secondary N) is 1. The van der Waals surface area contributed by atoms with Gasteiger partial charge in [0.25, 0.3) is 0 Å². The summed E-state index contributed by atoms with van der Waals surface area (Å²) in [5, 5.41) is 4.59. The highest BCUT2D eigenvalue weighted by atomic mass is 32.1. The quantitative estimate of drug-likeness (QED) is 0.556. The number of hydrogen-bond donors (Lipinski definition) is 1. The Kier molecular flexibility index (Phi) is 6.47. The van der Waals surface area contributed by atoms with Crippen molar-refractivity contribution in [3.8, 4) is 5.75 Å². The number of morpholine rings is 1. The molecule has 1 aliphatic carbocycles. The fourth-order valence-corrected chi connectivity index (χ4v) is 5.66. The van der Waals surface area contributed by atoms with Crippen LogP contribution in [0.5, 0.6) is 5.75 Å². The van der Waals surface area contributed by atoms with Crippen molar-refractivity contribution in [3.63, 3.8) is 0 Å². The van der Waals surface area contributed by atoms with Crippen LogP contribution in [0.1, 0.15) is 34.7 Å². The number of aromatic nitrogens is 2. The first-order valence-corrected chi connectivity index (χ1v) is 11.9. The normalized spacial score (nSPS) is 17.0. The highest BCUT2D eigenvalue weighted by Crippen LogP contribution is 2.39. The molecule has 3 aromatic rings. The Labute approximate surface area is 189 Å². The number of anilines is 1. The monoisotopic (exact) mass is 460 g/mol. The molecule has 0 bridgehead atoms. The van der Waals surface area contributed by atoms with Gasteiger partial charge in [0.05, 0.1) is 25.1 Å². The lowest BCUT2D eigenvalue weighted by atomic mass is 9.97. The van der Waals surface area contributed by atoms with E-state index in [1.54, 1.807) is 23.5 Å². The average Bonchev–Trinajstić information content (AvgIpc) is 3.16. The summed E-state index contributed by atoms with van der Waals surface area (Å²) in [6.07, 6.45) is 4.55. The lowest BCUT2D eigenvalue weighted by Gasteiger charge is -2.25. The second-order valence-corrected chi connectivity index (χ2v) is 9.23. The van der Waals surface area contributed by atoms with Crippen LogP contribution in [-0.4, -0.2) is 47.8 Å². The van der Waals surface area contributed by atoms with Crippen molar-refractivity contribution in [1.82, 2.24) is 14.9 Å². The molecule has 170 valence electrons. The summed E-state index contributed by atoms with van der Waals surface area (Å²) in [5.41, 5.74) is 2.22. The number of hydrogen-bond acceptors (Lipinski definition) is 7. The van der Waals surface area contributed by atoms with E-state index >= 15 is 0 Å². The summed E-state index contributed by atoms with van der Waals surface area (Å²) in [5.74, 6) is 1.79. The first-order chi connectivity index (χ1) is 15.7. The second kappa shape index (κ2) is 9.64. The molecule has 1 saturated heterocycles. The molecule has 5 rings (SSSR count). The minimum atomic E-state index is -2.83. The van der Waals surface area contributed by atoms with Crippen LogP contribution in [0, 0.1) is 0 Å². The summed E-state index contributed by atoms with van der Waals surface area (Å²) in [6.45, 7) is 1.54. The van der Waals surface area contributed by atoms with Crippen molar-refractivity contribution in [2.24, 2.45) is 0 Å². The van der Waals surface area contributed by atoms with Crippen molar-refractivity contribution < 1.29 is 18.3 Å². The SMILES string of the molecule is FC(F)Oc1cccc(CNc2nc(CN3CCOCC3)nc3sc4c(c23)CCCC4)c1. The van der Waals surface area contributed by atoms with Crippen molar-refractivity contribution in [2.45, 2.75) is 45.4 Å². The molecule has 9 heteroatoms. The molecular weight excluding hydrogens is 434 g/mol. The number of alkyl halides is 2. The topological polar surface area (TPSA) is 59.5 Å². The van der Waals surface area contributed by atoms with Gasteiger partial charge in [-0.25, -0.2) is 9.97 Å². The second-order valence-electron chi connectivity index (χ2n) is 8.15. The van der Waals surface area contributed by atoms with Gasteiger partial charge in [0.1, 0.15) is 22.2 Å². The Hall–Kier alpha value is -2.36. The van der Waals surface area contributed by atoms with Gasteiger partial charge in [0, 0.05) is 24.5 Å². The number of ether oxygens (including phenoxy) is 2. The third kappa shape index (κ3) is 4.84. The third-order valence-electron chi connectivity index (χ3n) is 5.91. The van der Waals surface area contributed by atoms with Gasteiger partial charge >= 0.3 is 6.61 Å². The minimum absolute atomic E-state index is 0.160. The Bertz CT molecular complexity index is 1090. The van der Waals surface area contributed by atoms with Gasteiger partial charge in [-0.3, -0.25) is 4.90 Å². The van der Waals surface area contributed by atoms with Crippen molar-refractivity contribution in [1.29, 1.82) is 0 Å². The van der Waals surface area contributed by atoms with Gasteiger partial charge in [0.2, 0.25) is 0 Å². The Morgan fingerprint density at radius 3 is 2.84 bits per heavy atom. The maximum Gasteiger partial charge on any atom is 0.387 e. The van der Waals surface area contributed by atoms with Crippen LogP contribution >= 0.6 is 11.3 Å². The van der Waals surface area contributed by atoms with Crippen LogP contribution in [-0.2, 0) is 30.7 Å². The molecule has 2 aliphatic rings. The number of thiophene rings is 1. The highest BCUT2D eigenvalue weighted by molar-refractivity contribution is 7.19. The Morgan fingerprint density at radius 1 is 1.16 bits per heavy atom. The van der Waals surface area contributed by atoms with Crippen LogP contribution in [0.15, 0.2) is 24.3 Å². The average molecular weight is 461 g/mol. The molecular formula is C23H26F2N4O2S. The van der Waals surface area contributed by atoms with E-state index in [9.17, 15) is 8.78 Å². The van der Waals surface area contributed by atoms with E-state index in [1.807, 2.05) is 6.07 Å². The molecule has 0 radical (unpaired) electrons. The number of aryl methyl sites for hydroxylation is 2.